The molecule has 0 aromatic heterocycles. The van der Waals surface area contributed by atoms with Crippen LogP contribution in [0.1, 0.15) is 20.7 Å². The van der Waals surface area contributed by atoms with Crippen LogP contribution >= 0.6 is 0 Å². The molecule has 1 fully saturated rings. The highest BCUT2D eigenvalue weighted by molar-refractivity contribution is 6.09. The molecule has 0 spiro atoms. The fraction of sp³-hybridized carbons (Fsp3) is 0.231. The predicted octanol–water partition coefficient (Wildman–Crippen LogP) is 3.98. The second-order valence-corrected chi connectivity index (χ2v) is 7.86. The van der Waals surface area contributed by atoms with Crippen molar-refractivity contribution in [3.05, 3.63) is 77.9 Å². The summed E-state index contributed by atoms with van der Waals surface area (Å²) in [7, 11) is 3.13. The molecule has 176 valence electrons. The highest BCUT2D eigenvalue weighted by atomic mass is 16.5. The Morgan fingerprint density at radius 3 is 2.03 bits per heavy atom. The fourth-order valence-electron chi connectivity index (χ4n) is 4.05. The first-order valence-electron chi connectivity index (χ1n) is 11.0. The van der Waals surface area contributed by atoms with E-state index in [4.69, 9.17) is 9.47 Å². The number of benzene rings is 3. The average molecular weight is 462 g/mol. The lowest BCUT2D eigenvalue weighted by Gasteiger charge is -2.37. The number of carboxylic acid groups (broad SMARTS) is 1. The molecule has 3 aromatic carbocycles. The van der Waals surface area contributed by atoms with E-state index in [0.717, 1.165) is 43.3 Å². The Kier molecular flexibility index (Phi) is 6.87. The van der Waals surface area contributed by atoms with E-state index < -0.39 is 11.9 Å². The number of aromatic carboxylic acids is 1. The number of piperazine rings is 1. The molecule has 0 saturated carbocycles. The van der Waals surface area contributed by atoms with Crippen LogP contribution in [0.15, 0.2) is 66.7 Å². The predicted molar refractivity (Wildman–Crippen MR) is 132 cm³/mol. The Bertz CT molecular complexity index is 1170. The molecule has 3 aromatic rings. The van der Waals surface area contributed by atoms with Crippen LogP contribution in [0.4, 0.5) is 17.1 Å². The van der Waals surface area contributed by atoms with E-state index in [9.17, 15) is 14.7 Å². The van der Waals surface area contributed by atoms with E-state index in [1.54, 1.807) is 43.5 Å². The van der Waals surface area contributed by atoms with Crippen molar-refractivity contribution in [3.8, 4) is 11.5 Å². The Labute approximate surface area is 198 Å². The van der Waals surface area contributed by atoms with Crippen LogP contribution in [-0.2, 0) is 0 Å². The molecular weight excluding hydrogens is 434 g/mol. The molecule has 34 heavy (non-hydrogen) atoms. The molecule has 0 aliphatic carbocycles. The zero-order chi connectivity index (χ0) is 24.1. The van der Waals surface area contributed by atoms with E-state index >= 15 is 0 Å². The largest absolute Gasteiger partial charge is 0.497 e. The Hall–Kier alpha value is -4.20. The molecule has 1 amide bonds. The van der Waals surface area contributed by atoms with E-state index in [-0.39, 0.29) is 11.3 Å². The van der Waals surface area contributed by atoms with Crippen molar-refractivity contribution < 1.29 is 24.2 Å². The molecule has 8 nitrogen and oxygen atoms in total. The smallest absolute Gasteiger partial charge is 0.337 e. The summed E-state index contributed by atoms with van der Waals surface area (Å²) in [5.74, 6) is -0.292. The number of ether oxygens (including phenoxy) is 2. The summed E-state index contributed by atoms with van der Waals surface area (Å²) in [5, 5.41) is 12.5. The molecule has 1 aliphatic rings. The zero-order valence-corrected chi connectivity index (χ0v) is 19.2. The number of carbonyl (C=O) groups is 2. The van der Waals surface area contributed by atoms with Crippen molar-refractivity contribution in [3.63, 3.8) is 0 Å². The third kappa shape index (κ3) is 4.91. The summed E-state index contributed by atoms with van der Waals surface area (Å²) >= 11 is 0. The molecular formula is C26H27N3O5. The van der Waals surface area contributed by atoms with Gasteiger partial charge in [0.25, 0.3) is 5.91 Å². The SMILES string of the molecule is COc1ccc(N2CCN(c3ccc(NC(=O)c4ccccc4OC)c(C(=O)O)c3)CC2)cc1. The number of hydrogen-bond acceptors (Lipinski definition) is 6. The fourth-order valence-corrected chi connectivity index (χ4v) is 4.05. The van der Waals surface area contributed by atoms with Gasteiger partial charge in [-0.1, -0.05) is 12.1 Å². The third-order valence-corrected chi connectivity index (χ3v) is 5.92. The molecule has 1 heterocycles. The molecule has 0 radical (unpaired) electrons. The lowest BCUT2D eigenvalue weighted by atomic mass is 10.1. The molecule has 1 saturated heterocycles. The second-order valence-electron chi connectivity index (χ2n) is 7.86. The van der Waals surface area contributed by atoms with Gasteiger partial charge in [-0.3, -0.25) is 4.79 Å². The zero-order valence-electron chi connectivity index (χ0n) is 19.2. The van der Waals surface area contributed by atoms with E-state index in [0.29, 0.717) is 11.3 Å². The van der Waals surface area contributed by atoms with Gasteiger partial charge in [-0.05, 0) is 54.6 Å². The van der Waals surface area contributed by atoms with Gasteiger partial charge in [0.15, 0.2) is 0 Å². The van der Waals surface area contributed by atoms with Crippen molar-refractivity contribution in [1.29, 1.82) is 0 Å². The summed E-state index contributed by atoms with van der Waals surface area (Å²) in [6, 6.07) is 19.9. The normalized spacial score (nSPS) is 13.4. The first-order valence-corrected chi connectivity index (χ1v) is 11.0. The number of methoxy groups -OCH3 is 2. The van der Waals surface area contributed by atoms with Crippen molar-refractivity contribution in [1.82, 2.24) is 0 Å². The minimum absolute atomic E-state index is 0.0401. The van der Waals surface area contributed by atoms with Crippen molar-refractivity contribution >= 4 is 28.9 Å². The topological polar surface area (TPSA) is 91.3 Å². The second kappa shape index (κ2) is 10.2. The number of anilines is 3. The molecule has 1 aliphatic heterocycles. The van der Waals surface area contributed by atoms with Crippen molar-refractivity contribution in [2.45, 2.75) is 0 Å². The van der Waals surface area contributed by atoms with Crippen LogP contribution in [-0.4, -0.2) is 57.4 Å². The van der Waals surface area contributed by atoms with Gasteiger partial charge in [0.05, 0.1) is 31.0 Å². The number of carbonyl (C=O) groups excluding carboxylic acids is 1. The van der Waals surface area contributed by atoms with E-state index in [2.05, 4.69) is 15.1 Å². The Morgan fingerprint density at radius 2 is 1.41 bits per heavy atom. The van der Waals surface area contributed by atoms with Gasteiger partial charge in [0.2, 0.25) is 0 Å². The molecule has 8 heteroatoms. The minimum atomic E-state index is -1.10. The molecule has 4 rings (SSSR count). The maximum absolute atomic E-state index is 12.8. The number of nitrogens with one attached hydrogen (secondary N) is 1. The number of hydrogen-bond donors (Lipinski definition) is 2. The first kappa shape index (κ1) is 23.0. The molecule has 0 unspecified atom stereocenters. The minimum Gasteiger partial charge on any atom is -0.497 e. The van der Waals surface area contributed by atoms with Crippen LogP contribution in [0.5, 0.6) is 11.5 Å². The van der Waals surface area contributed by atoms with Crippen LogP contribution in [0.25, 0.3) is 0 Å². The van der Waals surface area contributed by atoms with Crippen LogP contribution in [0, 0.1) is 0 Å². The van der Waals surface area contributed by atoms with Crippen molar-refractivity contribution in [2.75, 3.05) is 55.5 Å². The Balaban J connectivity index is 1.47. The van der Waals surface area contributed by atoms with Gasteiger partial charge < -0.3 is 29.7 Å². The molecule has 0 atom stereocenters. The summed E-state index contributed by atoms with van der Waals surface area (Å²) in [4.78, 5) is 29.2. The maximum Gasteiger partial charge on any atom is 0.337 e. The van der Waals surface area contributed by atoms with Crippen LogP contribution in [0.3, 0.4) is 0 Å². The number of rotatable bonds is 7. The Morgan fingerprint density at radius 1 is 0.794 bits per heavy atom. The lowest BCUT2D eigenvalue weighted by Crippen LogP contribution is -2.46. The summed E-state index contributed by atoms with van der Waals surface area (Å²) in [6.45, 7) is 3.11. The molecule has 2 N–H and O–H groups in total. The quantitative estimate of drug-likeness (QED) is 0.550. The van der Waals surface area contributed by atoms with Gasteiger partial charge in [0.1, 0.15) is 11.5 Å². The van der Waals surface area contributed by atoms with Crippen molar-refractivity contribution in [2.24, 2.45) is 0 Å². The average Bonchev–Trinajstić information content (AvgIpc) is 2.89. The van der Waals surface area contributed by atoms with Crippen LogP contribution < -0.4 is 24.6 Å². The highest BCUT2D eigenvalue weighted by Gasteiger charge is 2.21. The van der Waals surface area contributed by atoms with Gasteiger partial charge in [-0.2, -0.15) is 0 Å². The standard InChI is InChI=1S/C26H27N3O5/c1-33-20-10-7-18(8-11-20)28-13-15-29(16-14-28)19-9-12-23(22(17-19)26(31)32)27-25(30)21-5-3-4-6-24(21)34-2/h3-12,17H,13-16H2,1-2H3,(H,27,30)(H,31,32). The van der Waals surface area contributed by atoms with Gasteiger partial charge in [-0.25, -0.2) is 4.79 Å². The molecule has 0 bridgehead atoms. The van der Waals surface area contributed by atoms with E-state index in [1.807, 2.05) is 30.3 Å². The van der Waals surface area contributed by atoms with Crippen LogP contribution in [0.2, 0.25) is 0 Å². The summed E-state index contributed by atoms with van der Waals surface area (Å²) in [5.41, 5.74) is 2.55. The summed E-state index contributed by atoms with van der Waals surface area (Å²) in [6.07, 6.45) is 0. The lowest BCUT2D eigenvalue weighted by molar-refractivity contribution is 0.0698. The monoisotopic (exact) mass is 461 g/mol. The summed E-state index contributed by atoms with van der Waals surface area (Å²) < 4.78 is 10.5. The van der Waals surface area contributed by atoms with Gasteiger partial charge in [0, 0.05) is 37.6 Å². The maximum atomic E-state index is 12.8. The first-order chi connectivity index (χ1) is 16.5. The number of para-hydroxylation sites is 1. The third-order valence-electron chi connectivity index (χ3n) is 5.92. The van der Waals surface area contributed by atoms with Gasteiger partial charge in [-0.15, -0.1) is 0 Å². The number of carboxylic acids is 1. The highest BCUT2D eigenvalue weighted by Crippen LogP contribution is 2.27. The number of nitrogens with zero attached hydrogens (tertiary/aromatic N) is 2. The van der Waals surface area contributed by atoms with E-state index in [1.165, 1.54) is 7.11 Å². The van der Waals surface area contributed by atoms with Gasteiger partial charge >= 0.3 is 5.97 Å². The number of amides is 1.